The minimum atomic E-state index is -4.60. The largest absolute Gasteiger partial charge is 0.453 e. The van der Waals surface area contributed by atoms with Gasteiger partial charge in [-0.05, 0) is 31.2 Å². The molecule has 0 saturated carbocycles. The lowest BCUT2D eigenvalue weighted by Gasteiger charge is -2.34. The van der Waals surface area contributed by atoms with Crippen molar-refractivity contribution in [3.05, 3.63) is 36.4 Å². The summed E-state index contributed by atoms with van der Waals surface area (Å²) in [4.78, 5) is 13.1. The van der Waals surface area contributed by atoms with Crippen molar-refractivity contribution < 1.29 is 13.2 Å². The number of fused-ring (bicyclic) bond motifs is 1. The summed E-state index contributed by atoms with van der Waals surface area (Å²) in [5.74, 6) is -0.0206. The second-order valence-corrected chi connectivity index (χ2v) is 6.67. The van der Waals surface area contributed by atoms with E-state index in [4.69, 9.17) is 0 Å². The Bertz CT molecular complexity index is 936. The Hall–Kier alpha value is -3.02. The summed E-state index contributed by atoms with van der Waals surface area (Å²) in [6, 6.07) is 4.86. The number of aromatic nitrogens is 6. The van der Waals surface area contributed by atoms with Crippen LogP contribution >= 0.6 is 0 Å². The second-order valence-electron chi connectivity index (χ2n) is 6.67. The van der Waals surface area contributed by atoms with E-state index in [1.54, 1.807) is 24.5 Å². The highest BCUT2D eigenvalue weighted by atomic mass is 19.4. The number of alkyl halides is 3. The van der Waals surface area contributed by atoms with Gasteiger partial charge in [0.1, 0.15) is 5.82 Å². The Labute approximate surface area is 164 Å². The first-order valence-corrected chi connectivity index (χ1v) is 9.28. The van der Waals surface area contributed by atoms with E-state index in [9.17, 15) is 13.2 Å². The van der Waals surface area contributed by atoms with Gasteiger partial charge in [0, 0.05) is 45.1 Å². The molecular weight excluding hydrogens is 387 g/mol. The van der Waals surface area contributed by atoms with Crippen LogP contribution in [0.4, 0.5) is 24.9 Å². The molecule has 0 aliphatic carbocycles. The lowest BCUT2D eigenvalue weighted by molar-refractivity contribution is -0.146. The maximum atomic E-state index is 12.9. The average Bonchev–Trinajstić information content (AvgIpc) is 3.16. The maximum absolute atomic E-state index is 12.9. The van der Waals surface area contributed by atoms with E-state index in [1.165, 1.54) is 6.07 Å². The number of nitrogens with zero attached hydrogens (tertiary/aromatic N) is 8. The summed E-state index contributed by atoms with van der Waals surface area (Å²) in [5.41, 5.74) is 0.0585. The van der Waals surface area contributed by atoms with Crippen LogP contribution in [0.1, 0.15) is 12.2 Å². The van der Waals surface area contributed by atoms with Crippen LogP contribution < -0.4 is 10.2 Å². The molecule has 0 spiro atoms. The molecule has 0 aromatic carbocycles. The van der Waals surface area contributed by atoms with Crippen LogP contribution in [0.2, 0.25) is 0 Å². The van der Waals surface area contributed by atoms with Crippen molar-refractivity contribution in [3.63, 3.8) is 0 Å². The molecule has 0 amide bonds. The zero-order valence-electron chi connectivity index (χ0n) is 15.5. The van der Waals surface area contributed by atoms with Crippen LogP contribution in [-0.4, -0.2) is 73.9 Å². The lowest BCUT2D eigenvalue weighted by atomic mass is 10.3. The summed E-state index contributed by atoms with van der Waals surface area (Å²) < 4.78 is 39.5. The number of nitrogens with one attached hydrogen (secondary N) is 1. The van der Waals surface area contributed by atoms with E-state index in [0.717, 1.165) is 45.1 Å². The second kappa shape index (κ2) is 8.15. The Morgan fingerprint density at radius 3 is 2.48 bits per heavy atom. The van der Waals surface area contributed by atoms with Gasteiger partial charge in [0.05, 0.1) is 0 Å². The lowest BCUT2D eigenvalue weighted by Crippen LogP contribution is -2.47. The van der Waals surface area contributed by atoms with Crippen molar-refractivity contribution in [2.24, 2.45) is 0 Å². The molecule has 3 aromatic heterocycles. The molecule has 4 rings (SSSR count). The van der Waals surface area contributed by atoms with Gasteiger partial charge in [0.15, 0.2) is 5.65 Å². The summed E-state index contributed by atoms with van der Waals surface area (Å²) in [7, 11) is 0. The number of rotatable bonds is 6. The monoisotopic (exact) mass is 407 g/mol. The highest BCUT2D eigenvalue weighted by Crippen LogP contribution is 2.27. The molecule has 0 atom stereocenters. The van der Waals surface area contributed by atoms with Crippen molar-refractivity contribution >= 4 is 17.4 Å². The fraction of sp³-hybridized carbons (Fsp3) is 0.471. The van der Waals surface area contributed by atoms with Gasteiger partial charge >= 0.3 is 6.18 Å². The van der Waals surface area contributed by atoms with Gasteiger partial charge in [0.2, 0.25) is 5.95 Å². The number of halogens is 3. The Balaban J connectivity index is 1.24. The van der Waals surface area contributed by atoms with Gasteiger partial charge in [-0.3, -0.25) is 4.90 Å². The topological polar surface area (TPSA) is 87.4 Å². The highest BCUT2D eigenvalue weighted by molar-refractivity contribution is 5.44. The molecule has 0 unspecified atom stereocenters. The molecule has 1 N–H and O–H groups in total. The number of piperazine rings is 1. The quantitative estimate of drug-likeness (QED) is 0.616. The molecule has 1 saturated heterocycles. The van der Waals surface area contributed by atoms with Crippen molar-refractivity contribution in [3.8, 4) is 0 Å². The van der Waals surface area contributed by atoms with E-state index in [-0.39, 0.29) is 5.65 Å². The molecule has 1 aliphatic rings. The molecule has 0 radical (unpaired) electrons. The predicted octanol–water partition coefficient (Wildman–Crippen LogP) is 1.56. The molecule has 9 nitrogen and oxygen atoms in total. The molecule has 3 aromatic rings. The molecule has 154 valence electrons. The standard InChI is InChI=1S/C17H20F3N9/c18-17(19,20)15-25-24-14-4-3-13(26-29(14)15)21-7-2-8-27-9-11-28(12-10-27)16-22-5-1-6-23-16/h1,3-6H,2,7-12H2,(H,21,26). The predicted molar refractivity (Wildman–Crippen MR) is 99.6 cm³/mol. The summed E-state index contributed by atoms with van der Waals surface area (Å²) in [6.45, 7) is 5.05. The summed E-state index contributed by atoms with van der Waals surface area (Å²) in [5, 5.41) is 13.7. The first-order chi connectivity index (χ1) is 14.0. The van der Waals surface area contributed by atoms with E-state index in [1.807, 2.05) is 0 Å². The molecule has 4 heterocycles. The third-order valence-electron chi connectivity index (χ3n) is 4.68. The Morgan fingerprint density at radius 2 is 1.76 bits per heavy atom. The van der Waals surface area contributed by atoms with Gasteiger partial charge in [-0.25, -0.2) is 9.97 Å². The van der Waals surface area contributed by atoms with E-state index < -0.39 is 12.0 Å². The van der Waals surface area contributed by atoms with Gasteiger partial charge in [-0.1, -0.05) is 0 Å². The van der Waals surface area contributed by atoms with Gasteiger partial charge < -0.3 is 10.2 Å². The number of hydrogen-bond acceptors (Lipinski definition) is 8. The third-order valence-corrected chi connectivity index (χ3v) is 4.68. The molecule has 12 heteroatoms. The van der Waals surface area contributed by atoms with Crippen LogP contribution in [0.3, 0.4) is 0 Å². The SMILES string of the molecule is FC(F)(F)c1nnc2ccc(NCCCN3CCN(c4ncccn4)CC3)nn12. The molecule has 29 heavy (non-hydrogen) atoms. The fourth-order valence-electron chi connectivity index (χ4n) is 3.21. The summed E-state index contributed by atoms with van der Waals surface area (Å²) >= 11 is 0. The minimum absolute atomic E-state index is 0.0585. The molecule has 1 fully saturated rings. The van der Waals surface area contributed by atoms with Crippen LogP contribution in [-0.2, 0) is 6.18 Å². The van der Waals surface area contributed by atoms with Crippen molar-refractivity contribution in [1.82, 2.24) is 34.7 Å². The number of hydrogen-bond donors (Lipinski definition) is 1. The molecule has 1 aliphatic heterocycles. The first-order valence-electron chi connectivity index (χ1n) is 9.28. The molecule has 0 bridgehead atoms. The van der Waals surface area contributed by atoms with Crippen LogP contribution in [0.25, 0.3) is 5.65 Å². The normalized spacial score (nSPS) is 15.8. The van der Waals surface area contributed by atoms with Gasteiger partial charge in [0.25, 0.3) is 5.82 Å². The van der Waals surface area contributed by atoms with Crippen molar-refractivity contribution in [2.75, 3.05) is 49.5 Å². The van der Waals surface area contributed by atoms with E-state index >= 15 is 0 Å². The van der Waals surface area contributed by atoms with Crippen molar-refractivity contribution in [2.45, 2.75) is 12.6 Å². The van der Waals surface area contributed by atoms with E-state index in [0.29, 0.717) is 16.9 Å². The average molecular weight is 407 g/mol. The smallest absolute Gasteiger partial charge is 0.369 e. The zero-order chi connectivity index (χ0) is 20.3. The Morgan fingerprint density at radius 1 is 1.00 bits per heavy atom. The third kappa shape index (κ3) is 4.53. The van der Waals surface area contributed by atoms with Crippen LogP contribution in [0.15, 0.2) is 30.6 Å². The minimum Gasteiger partial charge on any atom is -0.369 e. The summed E-state index contributed by atoms with van der Waals surface area (Å²) in [6.07, 6.45) is -0.277. The zero-order valence-corrected chi connectivity index (χ0v) is 15.5. The molecular formula is C17H20F3N9. The van der Waals surface area contributed by atoms with Crippen molar-refractivity contribution in [1.29, 1.82) is 0 Å². The van der Waals surface area contributed by atoms with Gasteiger partial charge in [-0.15, -0.1) is 15.3 Å². The Kier molecular flexibility index (Phi) is 5.43. The maximum Gasteiger partial charge on any atom is 0.453 e. The number of anilines is 2. The highest BCUT2D eigenvalue weighted by Gasteiger charge is 2.37. The first kappa shape index (κ1) is 19.3. The van der Waals surface area contributed by atoms with E-state index in [2.05, 4.69) is 40.4 Å². The van der Waals surface area contributed by atoms with Gasteiger partial charge in [-0.2, -0.15) is 17.7 Å². The van der Waals surface area contributed by atoms with Crippen LogP contribution in [0.5, 0.6) is 0 Å². The van der Waals surface area contributed by atoms with Crippen LogP contribution in [0, 0.1) is 0 Å². The fourth-order valence-corrected chi connectivity index (χ4v) is 3.21.